The summed E-state index contributed by atoms with van der Waals surface area (Å²) >= 11 is 1.60. The van der Waals surface area contributed by atoms with Gasteiger partial charge >= 0.3 is 5.69 Å². The molecule has 0 radical (unpaired) electrons. The summed E-state index contributed by atoms with van der Waals surface area (Å²) in [7, 11) is 0. The summed E-state index contributed by atoms with van der Waals surface area (Å²) < 4.78 is 1.32. The lowest BCUT2D eigenvalue weighted by Crippen LogP contribution is -2.53. The Labute approximate surface area is 180 Å². The predicted molar refractivity (Wildman–Crippen MR) is 119 cm³/mol. The molecule has 2 amide bonds. The van der Waals surface area contributed by atoms with E-state index in [0.29, 0.717) is 38.1 Å². The monoisotopic (exact) mass is 437 g/mol. The van der Waals surface area contributed by atoms with Gasteiger partial charge in [0.15, 0.2) is 5.69 Å². The van der Waals surface area contributed by atoms with Crippen LogP contribution in [0.2, 0.25) is 0 Å². The predicted octanol–water partition coefficient (Wildman–Crippen LogP) is 1.51. The Kier molecular flexibility index (Phi) is 6.64. The standard InChI is InChI=1S/C20H31N5O4S/c1-4-6-10-23(15-16(21)24(11-7-5-2)19(29)22-17(15)27)18(28)13-12-30-20(3)9-8-14(26)25(13)20/h13H,4-12,21H2,1-3H3,(H,22,27,29)/t13-,20-/m0/s1. The molecule has 2 saturated heterocycles. The number of amides is 2. The maximum Gasteiger partial charge on any atom is 0.330 e. The smallest absolute Gasteiger partial charge is 0.330 e. The van der Waals surface area contributed by atoms with Gasteiger partial charge in [-0.2, -0.15) is 0 Å². The van der Waals surface area contributed by atoms with Crippen LogP contribution < -0.4 is 21.9 Å². The number of carbonyl (C=O) groups is 2. The van der Waals surface area contributed by atoms with Crippen LogP contribution in [0.15, 0.2) is 9.59 Å². The van der Waals surface area contributed by atoms with Crippen LogP contribution in [0.4, 0.5) is 11.5 Å². The van der Waals surface area contributed by atoms with E-state index < -0.39 is 17.3 Å². The Morgan fingerprint density at radius 3 is 2.63 bits per heavy atom. The Balaban J connectivity index is 2.03. The summed E-state index contributed by atoms with van der Waals surface area (Å²) in [5.41, 5.74) is 5.02. The highest BCUT2D eigenvalue weighted by molar-refractivity contribution is 8.01. The number of unbranched alkanes of at least 4 members (excludes halogenated alkanes) is 2. The number of aromatic nitrogens is 2. The van der Waals surface area contributed by atoms with Crippen molar-refractivity contribution in [2.24, 2.45) is 0 Å². The molecule has 0 unspecified atom stereocenters. The summed E-state index contributed by atoms with van der Waals surface area (Å²) in [6.07, 6.45) is 4.19. The molecule has 0 saturated carbocycles. The van der Waals surface area contributed by atoms with E-state index in [4.69, 9.17) is 5.73 Å². The molecule has 3 heterocycles. The van der Waals surface area contributed by atoms with Crippen LogP contribution in [0, 0.1) is 0 Å². The molecule has 2 atom stereocenters. The molecule has 2 fully saturated rings. The molecule has 3 N–H and O–H groups in total. The van der Waals surface area contributed by atoms with E-state index in [1.165, 1.54) is 9.47 Å². The number of H-pyrrole nitrogens is 1. The Bertz CT molecular complexity index is 942. The second kappa shape index (κ2) is 8.87. The minimum atomic E-state index is -0.670. The summed E-state index contributed by atoms with van der Waals surface area (Å²) in [6, 6.07) is -0.637. The number of anilines is 2. The lowest BCUT2D eigenvalue weighted by atomic mass is 10.1. The molecular formula is C20H31N5O4S. The number of thioether (sulfide) groups is 1. The second-order valence-corrected chi connectivity index (χ2v) is 9.61. The van der Waals surface area contributed by atoms with Crippen molar-refractivity contribution in [2.75, 3.05) is 22.9 Å². The van der Waals surface area contributed by atoms with E-state index >= 15 is 0 Å². The van der Waals surface area contributed by atoms with E-state index in [2.05, 4.69) is 4.98 Å². The van der Waals surface area contributed by atoms with Gasteiger partial charge in [-0.25, -0.2) is 4.79 Å². The number of hydrogen-bond acceptors (Lipinski definition) is 6. The molecule has 0 bridgehead atoms. The van der Waals surface area contributed by atoms with Gasteiger partial charge in [0.1, 0.15) is 11.9 Å². The van der Waals surface area contributed by atoms with Gasteiger partial charge in [0, 0.05) is 25.3 Å². The minimum Gasteiger partial charge on any atom is -0.383 e. The average molecular weight is 438 g/mol. The van der Waals surface area contributed by atoms with Gasteiger partial charge in [-0.15, -0.1) is 11.8 Å². The zero-order valence-electron chi connectivity index (χ0n) is 17.9. The van der Waals surface area contributed by atoms with Crippen molar-refractivity contribution in [3.05, 3.63) is 20.8 Å². The lowest BCUT2D eigenvalue weighted by Gasteiger charge is -2.33. The van der Waals surface area contributed by atoms with Crippen LogP contribution in [0.1, 0.15) is 59.3 Å². The molecule has 166 valence electrons. The highest BCUT2D eigenvalue weighted by Gasteiger charge is 2.53. The molecular weight excluding hydrogens is 406 g/mol. The Hall–Kier alpha value is -2.23. The zero-order valence-corrected chi connectivity index (χ0v) is 18.7. The number of rotatable bonds is 8. The number of nitrogen functional groups attached to an aromatic ring is 1. The third-order valence-electron chi connectivity index (χ3n) is 5.95. The molecule has 2 aliphatic heterocycles. The summed E-state index contributed by atoms with van der Waals surface area (Å²) in [6.45, 7) is 6.63. The molecule has 1 aromatic rings. The van der Waals surface area contributed by atoms with E-state index in [9.17, 15) is 19.2 Å². The van der Waals surface area contributed by atoms with Crippen LogP contribution in [0.25, 0.3) is 0 Å². The molecule has 10 heteroatoms. The second-order valence-electron chi connectivity index (χ2n) is 8.11. The first-order valence-corrected chi connectivity index (χ1v) is 11.6. The highest BCUT2D eigenvalue weighted by atomic mass is 32.2. The molecule has 2 aliphatic rings. The first-order chi connectivity index (χ1) is 14.2. The van der Waals surface area contributed by atoms with Crippen LogP contribution in [-0.4, -0.2) is 49.5 Å². The van der Waals surface area contributed by atoms with Crippen molar-refractivity contribution in [2.45, 2.75) is 76.8 Å². The largest absolute Gasteiger partial charge is 0.383 e. The van der Waals surface area contributed by atoms with Crippen molar-refractivity contribution in [3.8, 4) is 0 Å². The Morgan fingerprint density at radius 2 is 1.97 bits per heavy atom. The Morgan fingerprint density at radius 1 is 1.27 bits per heavy atom. The summed E-state index contributed by atoms with van der Waals surface area (Å²) in [5.74, 6) is 0.137. The van der Waals surface area contributed by atoms with Crippen molar-refractivity contribution in [3.63, 3.8) is 0 Å². The third-order valence-corrected chi connectivity index (χ3v) is 7.46. The summed E-state index contributed by atoms with van der Waals surface area (Å²) in [5, 5.41) is 0. The third kappa shape index (κ3) is 3.89. The van der Waals surface area contributed by atoms with Gasteiger partial charge in [-0.3, -0.25) is 23.9 Å². The van der Waals surface area contributed by atoms with Gasteiger partial charge in [-0.1, -0.05) is 26.7 Å². The molecule has 30 heavy (non-hydrogen) atoms. The molecule has 1 aromatic heterocycles. The fraction of sp³-hybridized carbons (Fsp3) is 0.700. The van der Waals surface area contributed by atoms with Crippen LogP contribution in [-0.2, 0) is 16.1 Å². The number of nitrogens with zero attached hydrogens (tertiary/aromatic N) is 3. The number of hydrogen-bond donors (Lipinski definition) is 2. The van der Waals surface area contributed by atoms with E-state index in [1.807, 2.05) is 20.8 Å². The topological polar surface area (TPSA) is 121 Å². The number of fused-ring (bicyclic) bond motifs is 1. The normalized spacial score (nSPS) is 23.1. The van der Waals surface area contributed by atoms with E-state index in [1.54, 1.807) is 16.7 Å². The minimum absolute atomic E-state index is 0.00260. The average Bonchev–Trinajstić information content (AvgIpc) is 3.19. The quantitative estimate of drug-likeness (QED) is 0.636. The molecule has 0 spiro atoms. The van der Waals surface area contributed by atoms with Crippen LogP contribution >= 0.6 is 11.8 Å². The number of aromatic amines is 1. The number of carbonyl (C=O) groups excluding carboxylic acids is 2. The SMILES string of the molecule is CCCCN(C(=O)[C@@H]1CS[C@@]2(C)CCC(=O)N12)c1c(N)n(CCCC)c(=O)[nH]c1=O. The van der Waals surface area contributed by atoms with Crippen molar-refractivity contribution < 1.29 is 9.59 Å². The lowest BCUT2D eigenvalue weighted by molar-refractivity contribution is -0.136. The van der Waals surface area contributed by atoms with Crippen LogP contribution in [0.3, 0.4) is 0 Å². The maximum atomic E-state index is 13.6. The van der Waals surface area contributed by atoms with Gasteiger partial charge in [0.2, 0.25) is 5.91 Å². The van der Waals surface area contributed by atoms with Crippen molar-refractivity contribution >= 4 is 35.1 Å². The van der Waals surface area contributed by atoms with Crippen molar-refractivity contribution in [1.82, 2.24) is 14.5 Å². The summed E-state index contributed by atoms with van der Waals surface area (Å²) in [4.78, 5) is 56.1. The molecule has 9 nitrogen and oxygen atoms in total. The van der Waals surface area contributed by atoms with Gasteiger partial charge in [0.25, 0.3) is 11.5 Å². The van der Waals surface area contributed by atoms with Crippen molar-refractivity contribution in [1.29, 1.82) is 0 Å². The molecule has 3 rings (SSSR count). The van der Waals surface area contributed by atoms with Gasteiger partial charge in [-0.05, 0) is 26.2 Å². The maximum absolute atomic E-state index is 13.6. The fourth-order valence-corrected chi connectivity index (χ4v) is 5.63. The molecule has 0 aliphatic carbocycles. The number of nitrogens with two attached hydrogens (primary N) is 1. The molecule has 0 aromatic carbocycles. The first-order valence-electron chi connectivity index (χ1n) is 10.6. The fourth-order valence-electron chi connectivity index (χ4n) is 4.21. The highest BCUT2D eigenvalue weighted by Crippen LogP contribution is 2.47. The van der Waals surface area contributed by atoms with E-state index in [-0.39, 0.29) is 28.2 Å². The zero-order chi connectivity index (χ0) is 22.1. The first kappa shape index (κ1) is 22.5. The van der Waals surface area contributed by atoms with Gasteiger partial charge < -0.3 is 15.5 Å². The van der Waals surface area contributed by atoms with E-state index in [0.717, 1.165) is 19.3 Å². The van der Waals surface area contributed by atoms with Crippen LogP contribution in [0.5, 0.6) is 0 Å². The van der Waals surface area contributed by atoms with Gasteiger partial charge in [0.05, 0.1) is 4.87 Å². The number of nitrogens with one attached hydrogen (secondary N) is 1.